The summed E-state index contributed by atoms with van der Waals surface area (Å²) in [5.41, 5.74) is 6.09. The monoisotopic (exact) mass is 276 g/mol. The van der Waals surface area contributed by atoms with Gasteiger partial charge in [-0.3, -0.25) is 4.79 Å². The molecular formula is C15H14F2N2O. The zero-order valence-corrected chi connectivity index (χ0v) is 11.2. The van der Waals surface area contributed by atoms with Crippen molar-refractivity contribution in [1.82, 2.24) is 0 Å². The van der Waals surface area contributed by atoms with Crippen molar-refractivity contribution in [1.29, 1.82) is 0 Å². The number of nitrogens with two attached hydrogens (primary N) is 1. The molecule has 0 aliphatic carbocycles. The maximum absolute atomic E-state index is 14.0. The van der Waals surface area contributed by atoms with E-state index < -0.39 is 17.5 Å². The number of nitrogen functional groups attached to an aromatic ring is 1. The molecule has 0 aliphatic heterocycles. The Morgan fingerprint density at radius 1 is 1.20 bits per heavy atom. The van der Waals surface area contributed by atoms with Gasteiger partial charge in [-0.25, -0.2) is 8.78 Å². The number of carbonyl (C=O) groups is 1. The number of rotatable bonds is 2. The lowest BCUT2D eigenvalue weighted by Gasteiger charge is -2.19. The highest BCUT2D eigenvalue weighted by Crippen LogP contribution is 2.23. The number of para-hydroxylation sites is 1. The number of amides is 1. The molecule has 2 aromatic carbocycles. The van der Waals surface area contributed by atoms with Crippen LogP contribution < -0.4 is 10.6 Å². The molecule has 104 valence electrons. The molecule has 1 amide bonds. The lowest BCUT2D eigenvalue weighted by Crippen LogP contribution is -2.28. The Morgan fingerprint density at radius 3 is 2.50 bits per heavy atom. The first kappa shape index (κ1) is 14.0. The number of hydrogen-bond acceptors (Lipinski definition) is 2. The van der Waals surface area contributed by atoms with Crippen LogP contribution in [0.15, 0.2) is 36.4 Å². The Bertz CT molecular complexity index is 671. The second-order valence-electron chi connectivity index (χ2n) is 4.51. The molecule has 2 rings (SSSR count). The maximum Gasteiger partial charge on any atom is 0.261 e. The van der Waals surface area contributed by atoms with E-state index in [9.17, 15) is 13.6 Å². The van der Waals surface area contributed by atoms with E-state index >= 15 is 0 Å². The third-order valence-corrected chi connectivity index (χ3v) is 3.03. The van der Waals surface area contributed by atoms with Crippen molar-refractivity contribution in [3.63, 3.8) is 0 Å². The predicted octanol–water partition coefficient (Wildman–Crippen LogP) is 3.13. The summed E-state index contributed by atoms with van der Waals surface area (Å²) in [5.74, 6) is -1.85. The fourth-order valence-corrected chi connectivity index (χ4v) is 1.97. The molecule has 0 saturated carbocycles. The first-order chi connectivity index (χ1) is 9.41. The summed E-state index contributed by atoms with van der Waals surface area (Å²) in [4.78, 5) is 13.3. The maximum atomic E-state index is 14.0. The van der Waals surface area contributed by atoms with Crippen molar-refractivity contribution < 1.29 is 13.6 Å². The lowest BCUT2D eigenvalue weighted by atomic mass is 10.1. The zero-order valence-electron chi connectivity index (χ0n) is 11.2. The van der Waals surface area contributed by atoms with Gasteiger partial charge in [0.1, 0.15) is 11.6 Å². The third-order valence-electron chi connectivity index (χ3n) is 3.03. The molecular weight excluding hydrogens is 262 g/mol. The Kier molecular flexibility index (Phi) is 3.70. The molecule has 3 nitrogen and oxygen atoms in total. The van der Waals surface area contributed by atoms with Gasteiger partial charge in [-0.1, -0.05) is 12.1 Å². The van der Waals surface area contributed by atoms with E-state index in [2.05, 4.69) is 0 Å². The fourth-order valence-electron chi connectivity index (χ4n) is 1.97. The summed E-state index contributed by atoms with van der Waals surface area (Å²) in [6.07, 6.45) is 0. The van der Waals surface area contributed by atoms with Gasteiger partial charge >= 0.3 is 0 Å². The number of nitrogens with zero attached hydrogens (tertiary/aromatic N) is 1. The molecule has 5 heteroatoms. The van der Waals surface area contributed by atoms with E-state index in [-0.39, 0.29) is 22.5 Å². The first-order valence-corrected chi connectivity index (χ1v) is 6.00. The summed E-state index contributed by atoms with van der Waals surface area (Å²) in [6.45, 7) is 1.52. The molecule has 0 fully saturated rings. The van der Waals surface area contributed by atoms with E-state index in [0.717, 1.165) is 4.90 Å². The van der Waals surface area contributed by atoms with Gasteiger partial charge in [0.25, 0.3) is 5.91 Å². The van der Waals surface area contributed by atoms with Crippen LogP contribution in [0.1, 0.15) is 15.9 Å². The third kappa shape index (κ3) is 2.47. The van der Waals surface area contributed by atoms with Gasteiger partial charge < -0.3 is 10.6 Å². The minimum atomic E-state index is -0.650. The van der Waals surface area contributed by atoms with Crippen LogP contribution in [0.25, 0.3) is 0 Å². The summed E-state index contributed by atoms with van der Waals surface area (Å²) in [5, 5.41) is 0. The minimum Gasteiger partial charge on any atom is -0.399 e. The highest BCUT2D eigenvalue weighted by Gasteiger charge is 2.21. The van der Waals surface area contributed by atoms with Crippen LogP contribution in [0.4, 0.5) is 20.2 Å². The number of anilines is 2. The first-order valence-electron chi connectivity index (χ1n) is 6.00. The molecule has 0 aliphatic rings. The van der Waals surface area contributed by atoms with Crippen molar-refractivity contribution in [2.75, 3.05) is 17.7 Å². The van der Waals surface area contributed by atoms with Crippen LogP contribution in [-0.4, -0.2) is 13.0 Å². The summed E-state index contributed by atoms with van der Waals surface area (Å²) >= 11 is 0. The topological polar surface area (TPSA) is 46.3 Å². The van der Waals surface area contributed by atoms with Crippen LogP contribution in [0.5, 0.6) is 0 Å². The number of benzene rings is 2. The Labute approximate surface area is 115 Å². The summed E-state index contributed by atoms with van der Waals surface area (Å²) in [6, 6.07) is 8.49. The number of carbonyl (C=O) groups excluding carboxylic acids is 1. The average Bonchev–Trinajstić information content (AvgIpc) is 2.42. The van der Waals surface area contributed by atoms with Crippen LogP contribution in [0.2, 0.25) is 0 Å². The molecule has 2 N–H and O–H groups in total. The van der Waals surface area contributed by atoms with Crippen molar-refractivity contribution in [3.05, 3.63) is 59.2 Å². The van der Waals surface area contributed by atoms with Gasteiger partial charge in [-0.15, -0.1) is 0 Å². The van der Waals surface area contributed by atoms with Gasteiger partial charge in [-0.2, -0.15) is 0 Å². The Morgan fingerprint density at radius 2 is 1.85 bits per heavy atom. The van der Waals surface area contributed by atoms with Crippen LogP contribution in [0.3, 0.4) is 0 Å². The van der Waals surface area contributed by atoms with Crippen molar-refractivity contribution in [3.8, 4) is 0 Å². The van der Waals surface area contributed by atoms with E-state index in [1.54, 1.807) is 6.07 Å². The largest absolute Gasteiger partial charge is 0.399 e. The van der Waals surface area contributed by atoms with Crippen LogP contribution in [-0.2, 0) is 0 Å². The average molecular weight is 276 g/mol. The molecule has 0 atom stereocenters. The van der Waals surface area contributed by atoms with Crippen molar-refractivity contribution in [2.24, 2.45) is 0 Å². The molecule has 0 saturated heterocycles. The smallest absolute Gasteiger partial charge is 0.261 e. The number of aryl methyl sites for hydroxylation is 1. The molecule has 0 bridgehead atoms. The lowest BCUT2D eigenvalue weighted by molar-refractivity contribution is 0.0988. The standard InChI is InChI=1S/C15H14F2N2O/c1-9-7-10(18)8-11(14(9)17)15(20)19(2)13-6-4-3-5-12(13)16/h3-8H,18H2,1-2H3. The zero-order chi connectivity index (χ0) is 14.9. The Hall–Kier alpha value is -2.43. The summed E-state index contributed by atoms with van der Waals surface area (Å²) < 4.78 is 27.7. The normalized spacial score (nSPS) is 10.4. The SMILES string of the molecule is Cc1cc(N)cc(C(=O)N(C)c2ccccc2F)c1F. The molecule has 0 heterocycles. The van der Waals surface area contributed by atoms with Gasteiger partial charge in [0.2, 0.25) is 0 Å². The molecule has 2 aromatic rings. The number of hydrogen-bond donors (Lipinski definition) is 1. The Balaban J connectivity index is 2.44. The van der Waals surface area contributed by atoms with Crippen molar-refractivity contribution in [2.45, 2.75) is 6.92 Å². The van der Waals surface area contributed by atoms with Crippen LogP contribution in [0, 0.1) is 18.6 Å². The minimum absolute atomic E-state index is 0.0805. The highest BCUT2D eigenvalue weighted by molar-refractivity contribution is 6.06. The fraction of sp³-hybridized carbons (Fsp3) is 0.133. The number of halogens is 2. The van der Waals surface area contributed by atoms with Gasteiger partial charge in [0.15, 0.2) is 0 Å². The molecule has 20 heavy (non-hydrogen) atoms. The van der Waals surface area contributed by atoms with E-state index in [1.807, 2.05) is 0 Å². The quantitative estimate of drug-likeness (QED) is 0.856. The van der Waals surface area contributed by atoms with Crippen molar-refractivity contribution >= 4 is 17.3 Å². The highest BCUT2D eigenvalue weighted by atomic mass is 19.1. The summed E-state index contributed by atoms with van der Waals surface area (Å²) in [7, 11) is 1.39. The van der Waals surface area contributed by atoms with Gasteiger partial charge in [0.05, 0.1) is 11.3 Å². The second kappa shape index (κ2) is 5.28. The van der Waals surface area contributed by atoms with Gasteiger partial charge in [-0.05, 0) is 36.8 Å². The molecule has 0 radical (unpaired) electrons. The van der Waals surface area contributed by atoms with E-state index in [0.29, 0.717) is 0 Å². The second-order valence-corrected chi connectivity index (χ2v) is 4.51. The predicted molar refractivity (Wildman–Crippen MR) is 74.7 cm³/mol. The van der Waals surface area contributed by atoms with Gasteiger partial charge in [0, 0.05) is 12.7 Å². The van der Waals surface area contributed by atoms with E-state index in [4.69, 9.17) is 5.73 Å². The molecule has 0 spiro atoms. The van der Waals surface area contributed by atoms with E-state index in [1.165, 1.54) is 44.3 Å². The van der Waals surface area contributed by atoms with Crippen LogP contribution >= 0.6 is 0 Å². The molecule has 0 unspecified atom stereocenters. The molecule has 0 aromatic heterocycles.